The molecule has 0 aliphatic heterocycles. The molecule has 0 fully saturated rings. The lowest BCUT2D eigenvalue weighted by Crippen LogP contribution is -2.09. The van der Waals surface area contributed by atoms with Gasteiger partial charge in [-0.1, -0.05) is 24.3 Å². The van der Waals surface area contributed by atoms with E-state index in [2.05, 4.69) is 15.5 Å². The van der Waals surface area contributed by atoms with Crippen molar-refractivity contribution in [3.63, 3.8) is 0 Å². The number of halogens is 3. The summed E-state index contributed by atoms with van der Waals surface area (Å²) < 4.78 is 40.4. The van der Waals surface area contributed by atoms with Gasteiger partial charge >= 0.3 is 6.18 Å². The Morgan fingerprint density at radius 1 is 1.08 bits per heavy atom. The molecule has 24 heavy (non-hydrogen) atoms. The maximum Gasteiger partial charge on any atom is 0.416 e. The second-order valence-electron chi connectivity index (χ2n) is 5.05. The molecule has 0 atom stereocenters. The van der Waals surface area contributed by atoms with Gasteiger partial charge in [-0.3, -0.25) is 9.67 Å². The fraction of sp³-hybridized carbons (Fsp3) is 0.125. The Kier molecular flexibility index (Phi) is 4.39. The minimum Gasteiger partial charge on any atom is -0.378 e. The zero-order chi connectivity index (χ0) is 17.2. The molecule has 0 bridgehead atoms. The Labute approximate surface area is 141 Å². The van der Waals surface area contributed by atoms with Crippen LogP contribution in [0.4, 0.5) is 18.9 Å². The minimum absolute atomic E-state index is 0.226. The summed E-state index contributed by atoms with van der Waals surface area (Å²) in [5.41, 5.74) is 0.491. The van der Waals surface area contributed by atoms with Gasteiger partial charge in [0.15, 0.2) is 10.6 Å². The van der Waals surface area contributed by atoms with Crippen molar-refractivity contribution in [1.82, 2.24) is 14.8 Å². The molecular weight excluding hydrogens is 337 g/mol. The predicted octanol–water partition coefficient (Wildman–Crippen LogP) is 4.56. The number of hydrogen-bond donors (Lipinski definition) is 2. The van der Waals surface area contributed by atoms with Crippen molar-refractivity contribution in [1.29, 1.82) is 0 Å². The summed E-state index contributed by atoms with van der Waals surface area (Å²) in [4.78, 5) is 0. The molecular formula is C16H13F3N4S. The molecule has 3 aromatic rings. The van der Waals surface area contributed by atoms with Crippen LogP contribution in [0.5, 0.6) is 0 Å². The zero-order valence-corrected chi connectivity index (χ0v) is 13.2. The number of nitrogens with zero attached hydrogens (tertiary/aromatic N) is 2. The average Bonchev–Trinajstić information content (AvgIpc) is 2.94. The molecule has 8 heteroatoms. The molecule has 0 saturated carbocycles. The first-order valence-corrected chi connectivity index (χ1v) is 7.49. The van der Waals surface area contributed by atoms with Gasteiger partial charge in [0.1, 0.15) is 0 Å². The Bertz CT molecular complexity index is 884. The molecule has 1 aromatic heterocycles. The van der Waals surface area contributed by atoms with E-state index in [1.54, 1.807) is 10.6 Å². The van der Waals surface area contributed by atoms with Crippen LogP contribution in [0.25, 0.3) is 5.69 Å². The van der Waals surface area contributed by atoms with Crippen LogP contribution in [0.15, 0.2) is 54.6 Å². The molecule has 0 spiro atoms. The lowest BCUT2D eigenvalue weighted by molar-refractivity contribution is -0.137. The summed E-state index contributed by atoms with van der Waals surface area (Å²) in [6.45, 7) is 0.226. The van der Waals surface area contributed by atoms with Gasteiger partial charge in [0, 0.05) is 11.4 Å². The molecule has 1 heterocycles. The van der Waals surface area contributed by atoms with Gasteiger partial charge in [0.25, 0.3) is 0 Å². The number of nitrogens with one attached hydrogen (secondary N) is 2. The van der Waals surface area contributed by atoms with E-state index in [1.807, 2.05) is 30.3 Å². The quantitative estimate of drug-likeness (QED) is 0.678. The van der Waals surface area contributed by atoms with Crippen LogP contribution < -0.4 is 5.32 Å². The number of hydrogen-bond acceptors (Lipinski definition) is 3. The molecule has 4 nitrogen and oxygen atoms in total. The molecule has 124 valence electrons. The lowest BCUT2D eigenvalue weighted by atomic mass is 10.2. The van der Waals surface area contributed by atoms with Crippen LogP contribution in [0.1, 0.15) is 11.4 Å². The van der Waals surface area contributed by atoms with Crippen molar-refractivity contribution in [3.05, 3.63) is 70.8 Å². The highest BCUT2D eigenvalue weighted by atomic mass is 32.1. The van der Waals surface area contributed by atoms with Gasteiger partial charge in [-0.25, -0.2) is 0 Å². The van der Waals surface area contributed by atoms with Crippen molar-refractivity contribution in [2.45, 2.75) is 12.7 Å². The van der Waals surface area contributed by atoms with Crippen molar-refractivity contribution in [3.8, 4) is 5.69 Å². The topological polar surface area (TPSA) is 45.6 Å². The first-order chi connectivity index (χ1) is 11.4. The molecule has 2 N–H and O–H groups in total. The Morgan fingerprint density at radius 2 is 1.83 bits per heavy atom. The zero-order valence-electron chi connectivity index (χ0n) is 12.3. The fourth-order valence-corrected chi connectivity index (χ4v) is 2.53. The van der Waals surface area contributed by atoms with Gasteiger partial charge < -0.3 is 5.32 Å². The van der Waals surface area contributed by atoms with Crippen LogP contribution in [0.2, 0.25) is 0 Å². The third-order valence-electron chi connectivity index (χ3n) is 3.40. The highest BCUT2D eigenvalue weighted by Crippen LogP contribution is 2.30. The smallest absolute Gasteiger partial charge is 0.378 e. The lowest BCUT2D eigenvalue weighted by Gasteiger charge is -2.11. The van der Waals surface area contributed by atoms with E-state index in [-0.39, 0.29) is 6.54 Å². The highest BCUT2D eigenvalue weighted by molar-refractivity contribution is 7.71. The fourth-order valence-electron chi connectivity index (χ4n) is 2.28. The number of rotatable bonds is 4. The third kappa shape index (κ3) is 3.48. The van der Waals surface area contributed by atoms with E-state index in [9.17, 15) is 13.2 Å². The van der Waals surface area contributed by atoms with E-state index in [0.717, 1.165) is 17.8 Å². The van der Waals surface area contributed by atoms with E-state index in [1.165, 1.54) is 6.07 Å². The summed E-state index contributed by atoms with van der Waals surface area (Å²) in [5.74, 6) is 0.573. The van der Waals surface area contributed by atoms with Crippen LogP contribution in [0, 0.1) is 4.77 Å². The van der Waals surface area contributed by atoms with Crippen molar-refractivity contribution < 1.29 is 13.2 Å². The van der Waals surface area contributed by atoms with Gasteiger partial charge in [0.05, 0.1) is 12.1 Å². The summed E-state index contributed by atoms with van der Waals surface area (Å²) in [6, 6.07) is 14.4. The maximum absolute atomic E-state index is 12.8. The molecule has 0 amide bonds. The monoisotopic (exact) mass is 350 g/mol. The first-order valence-electron chi connectivity index (χ1n) is 7.08. The van der Waals surface area contributed by atoms with E-state index >= 15 is 0 Å². The average molecular weight is 350 g/mol. The maximum atomic E-state index is 12.8. The van der Waals surface area contributed by atoms with Crippen molar-refractivity contribution in [2.75, 3.05) is 5.32 Å². The number of para-hydroxylation sites is 1. The van der Waals surface area contributed by atoms with Crippen LogP contribution >= 0.6 is 12.2 Å². The number of H-pyrrole nitrogens is 1. The van der Waals surface area contributed by atoms with E-state index in [4.69, 9.17) is 12.2 Å². The summed E-state index contributed by atoms with van der Waals surface area (Å²) >= 11 is 5.22. The van der Waals surface area contributed by atoms with E-state index in [0.29, 0.717) is 16.3 Å². The van der Waals surface area contributed by atoms with Gasteiger partial charge in [-0.05, 0) is 42.5 Å². The first kappa shape index (κ1) is 16.3. The Hall–Kier alpha value is -2.61. The molecule has 0 unspecified atom stereocenters. The predicted molar refractivity (Wildman–Crippen MR) is 87.5 cm³/mol. The number of anilines is 1. The molecule has 0 aliphatic rings. The molecule has 2 aromatic carbocycles. The Balaban J connectivity index is 1.83. The van der Waals surface area contributed by atoms with Gasteiger partial charge in [-0.2, -0.15) is 18.3 Å². The second-order valence-corrected chi connectivity index (χ2v) is 5.43. The van der Waals surface area contributed by atoms with Gasteiger partial charge in [0.2, 0.25) is 0 Å². The highest BCUT2D eigenvalue weighted by Gasteiger charge is 2.30. The SMILES string of the molecule is FC(F)(F)c1cccc(NCc2n[nH]c(=S)n2-c2ccccc2)c1. The standard InChI is InChI=1S/C16H13F3N4S/c17-16(18,19)11-5-4-6-12(9-11)20-10-14-21-22-15(24)23(14)13-7-2-1-3-8-13/h1-9,20H,10H2,(H,22,24). The van der Waals surface area contributed by atoms with Crippen LogP contribution in [-0.4, -0.2) is 14.8 Å². The summed E-state index contributed by atoms with van der Waals surface area (Å²) in [5, 5.41) is 9.79. The molecule has 0 aliphatic carbocycles. The number of benzene rings is 2. The third-order valence-corrected chi connectivity index (χ3v) is 3.67. The normalized spacial score (nSPS) is 11.5. The summed E-state index contributed by atoms with van der Waals surface area (Å²) in [7, 11) is 0. The second kappa shape index (κ2) is 6.48. The van der Waals surface area contributed by atoms with Crippen molar-refractivity contribution in [2.24, 2.45) is 0 Å². The van der Waals surface area contributed by atoms with Gasteiger partial charge in [-0.15, -0.1) is 0 Å². The molecule has 3 rings (SSSR count). The Morgan fingerprint density at radius 3 is 2.54 bits per heavy atom. The minimum atomic E-state index is -4.37. The molecule has 0 radical (unpaired) electrons. The van der Waals surface area contributed by atoms with E-state index < -0.39 is 11.7 Å². The largest absolute Gasteiger partial charge is 0.416 e. The molecule has 0 saturated heterocycles. The number of alkyl halides is 3. The van der Waals surface area contributed by atoms with Crippen molar-refractivity contribution >= 4 is 17.9 Å². The summed E-state index contributed by atoms with van der Waals surface area (Å²) in [6.07, 6.45) is -4.37. The van der Waals surface area contributed by atoms with Crippen LogP contribution in [-0.2, 0) is 12.7 Å². The number of aromatic amines is 1. The van der Waals surface area contributed by atoms with Crippen LogP contribution in [0.3, 0.4) is 0 Å². The number of aromatic nitrogens is 3.